The largest absolute Gasteiger partial charge is 0.382 e. The average Bonchev–Trinajstić information content (AvgIpc) is 2.34. The summed E-state index contributed by atoms with van der Waals surface area (Å²) in [5.74, 6) is 0. The van der Waals surface area contributed by atoms with E-state index >= 15 is 0 Å². The monoisotopic (exact) mass is 135 g/mol. The average molecular weight is 135 g/mol. The Hall–Kier alpha value is -1.09. The summed E-state index contributed by atoms with van der Waals surface area (Å²) >= 11 is 0. The highest BCUT2D eigenvalue weighted by Crippen LogP contribution is 2.25. The third-order valence-electron chi connectivity index (χ3n) is 1.77. The van der Waals surface area contributed by atoms with Crippen LogP contribution in [-0.2, 0) is 0 Å². The van der Waals surface area contributed by atoms with Gasteiger partial charge in [-0.1, -0.05) is 0 Å². The first kappa shape index (κ1) is 5.68. The Kier molecular flexibility index (Phi) is 1.11. The highest BCUT2D eigenvalue weighted by atomic mass is 15.0. The summed E-state index contributed by atoms with van der Waals surface area (Å²) in [4.78, 5) is 3.97. The summed E-state index contributed by atoms with van der Waals surface area (Å²) in [5.41, 5.74) is 8.01. The maximum Gasteiger partial charge on any atom is 0.0576 e. The molecule has 0 amide bonds. The van der Waals surface area contributed by atoms with E-state index in [4.69, 9.17) is 5.73 Å². The van der Waals surface area contributed by atoms with Crippen LogP contribution in [-0.4, -0.2) is 11.5 Å². The lowest BCUT2D eigenvalue weighted by Crippen LogP contribution is -2.11. The van der Waals surface area contributed by atoms with E-state index < -0.39 is 0 Å². The van der Waals surface area contributed by atoms with Crippen LogP contribution in [0.4, 0.5) is 5.69 Å². The lowest BCUT2D eigenvalue weighted by Gasteiger charge is -1.98. The molecule has 2 rings (SSSR count). The molecule has 1 unspecified atom stereocenters. The minimum absolute atomic E-state index is 0.151. The number of pyridine rings is 1. The lowest BCUT2D eigenvalue weighted by molar-refractivity contribution is 0.807. The summed E-state index contributed by atoms with van der Waals surface area (Å²) in [5, 5.41) is 3.16. The molecule has 1 atom stereocenters. The van der Waals surface area contributed by atoms with Crippen molar-refractivity contribution < 1.29 is 0 Å². The number of rotatable bonds is 0. The van der Waals surface area contributed by atoms with E-state index in [0.29, 0.717) is 0 Å². The molecule has 1 aromatic heterocycles. The minimum atomic E-state index is 0.151. The van der Waals surface area contributed by atoms with E-state index in [1.165, 1.54) is 5.56 Å². The first-order chi connectivity index (χ1) is 4.88. The molecular weight excluding hydrogens is 126 g/mol. The first-order valence-electron chi connectivity index (χ1n) is 3.31. The van der Waals surface area contributed by atoms with Crippen LogP contribution in [0.25, 0.3) is 0 Å². The zero-order chi connectivity index (χ0) is 6.97. The molecule has 3 nitrogen and oxygen atoms in total. The number of aromatic nitrogens is 1. The molecule has 0 radical (unpaired) electrons. The van der Waals surface area contributed by atoms with Gasteiger partial charge >= 0.3 is 0 Å². The second-order valence-corrected chi connectivity index (χ2v) is 2.45. The van der Waals surface area contributed by atoms with Gasteiger partial charge in [0.15, 0.2) is 0 Å². The van der Waals surface area contributed by atoms with Crippen LogP contribution in [0.5, 0.6) is 0 Å². The topological polar surface area (TPSA) is 50.9 Å². The molecule has 0 saturated heterocycles. The maximum atomic E-state index is 5.76. The number of hydrogen-bond acceptors (Lipinski definition) is 3. The predicted molar refractivity (Wildman–Crippen MR) is 39.7 cm³/mol. The highest BCUT2D eigenvalue weighted by molar-refractivity contribution is 5.55. The minimum Gasteiger partial charge on any atom is -0.382 e. The molecule has 52 valence electrons. The maximum absolute atomic E-state index is 5.76. The number of nitrogens with one attached hydrogen (secondary N) is 1. The van der Waals surface area contributed by atoms with E-state index in [1.807, 2.05) is 12.3 Å². The van der Waals surface area contributed by atoms with Crippen molar-refractivity contribution in [2.75, 3.05) is 11.9 Å². The van der Waals surface area contributed by atoms with E-state index in [2.05, 4.69) is 10.3 Å². The van der Waals surface area contributed by atoms with Gasteiger partial charge < -0.3 is 11.1 Å². The molecule has 1 aliphatic heterocycles. The molecular formula is C7H9N3. The van der Waals surface area contributed by atoms with Gasteiger partial charge in [0.05, 0.1) is 11.9 Å². The summed E-state index contributed by atoms with van der Waals surface area (Å²) in [6.45, 7) is 0.834. The number of hydrogen-bond donors (Lipinski definition) is 2. The van der Waals surface area contributed by atoms with Gasteiger partial charge in [-0.25, -0.2) is 0 Å². The molecule has 0 saturated carbocycles. The zero-order valence-corrected chi connectivity index (χ0v) is 5.54. The number of anilines is 1. The SMILES string of the molecule is NC1CNc2cnccc21. The summed E-state index contributed by atoms with van der Waals surface area (Å²) in [6.07, 6.45) is 3.58. The molecule has 0 aromatic carbocycles. The van der Waals surface area contributed by atoms with Crippen molar-refractivity contribution in [3.63, 3.8) is 0 Å². The van der Waals surface area contributed by atoms with Gasteiger partial charge in [0, 0.05) is 18.8 Å². The zero-order valence-electron chi connectivity index (χ0n) is 5.54. The Labute approximate surface area is 59.3 Å². The first-order valence-corrected chi connectivity index (χ1v) is 3.31. The fourth-order valence-electron chi connectivity index (χ4n) is 1.21. The van der Waals surface area contributed by atoms with Gasteiger partial charge in [0.2, 0.25) is 0 Å². The standard InChI is InChI=1S/C7H9N3/c8-6-3-10-7-4-9-2-1-5(6)7/h1-2,4,6,10H,3,8H2. The molecule has 1 aromatic rings. The third kappa shape index (κ3) is 0.675. The van der Waals surface area contributed by atoms with Crippen molar-refractivity contribution in [3.8, 4) is 0 Å². The van der Waals surface area contributed by atoms with Gasteiger partial charge in [-0.05, 0) is 11.6 Å². The quantitative estimate of drug-likeness (QED) is 0.545. The number of fused-ring (bicyclic) bond motifs is 1. The van der Waals surface area contributed by atoms with Crippen molar-refractivity contribution in [1.82, 2.24) is 4.98 Å². The van der Waals surface area contributed by atoms with Crippen LogP contribution in [0, 0.1) is 0 Å². The van der Waals surface area contributed by atoms with E-state index in [-0.39, 0.29) is 6.04 Å². The second kappa shape index (κ2) is 1.95. The summed E-state index contributed by atoms with van der Waals surface area (Å²) in [7, 11) is 0. The van der Waals surface area contributed by atoms with Crippen LogP contribution in [0.1, 0.15) is 11.6 Å². The Morgan fingerprint density at radius 2 is 2.60 bits per heavy atom. The molecule has 0 bridgehead atoms. The normalized spacial score (nSPS) is 21.9. The van der Waals surface area contributed by atoms with Crippen LogP contribution in [0.3, 0.4) is 0 Å². The van der Waals surface area contributed by atoms with Crippen LogP contribution in [0.15, 0.2) is 18.5 Å². The van der Waals surface area contributed by atoms with Crippen LogP contribution >= 0.6 is 0 Å². The smallest absolute Gasteiger partial charge is 0.0576 e. The van der Waals surface area contributed by atoms with Crippen molar-refractivity contribution in [3.05, 3.63) is 24.0 Å². The molecule has 0 fully saturated rings. The van der Waals surface area contributed by atoms with Crippen LogP contribution < -0.4 is 11.1 Å². The van der Waals surface area contributed by atoms with Crippen molar-refractivity contribution >= 4 is 5.69 Å². The predicted octanol–water partition coefficient (Wildman–Crippen LogP) is 0.507. The number of nitrogens with two attached hydrogens (primary N) is 1. The second-order valence-electron chi connectivity index (χ2n) is 2.45. The highest BCUT2D eigenvalue weighted by Gasteiger charge is 2.16. The molecule has 1 aliphatic rings. The Morgan fingerprint density at radius 1 is 1.70 bits per heavy atom. The van der Waals surface area contributed by atoms with Gasteiger partial charge in [-0.15, -0.1) is 0 Å². The third-order valence-corrected chi connectivity index (χ3v) is 1.77. The van der Waals surface area contributed by atoms with Gasteiger partial charge in [0.25, 0.3) is 0 Å². The fourth-order valence-corrected chi connectivity index (χ4v) is 1.21. The van der Waals surface area contributed by atoms with Crippen molar-refractivity contribution in [2.45, 2.75) is 6.04 Å². The van der Waals surface area contributed by atoms with Crippen molar-refractivity contribution in [1.29, 1.82) is 0 Å². The van der Waals surface area contributed by atoms with E-state index in [9.17, 15) is 0 Å². The molecule has 3 heteroatoms. The number of nitrogens with zero attached hydrogens (tertiary/aromatic N) is 1. The van der Waals surface area contributed by atoms with E-state index in [0.717, 1.165) is 12.2 Å². The van der Waals surface area contributed by atoms with Crippen molar-refractivity contribution in [2.24, 2.45) is 5.73 Å². The van der Waals surface area contributed by atoms with Gasteiger partial charge in [0.1, 0.15) is 0 Å². The van der Waals surface area contributed by atoms with Crippen LogP contribution in [0.2, 0.25) is 0 Å². The van der Waals surface area contributed by atoms with Gasteiger partial charge in [-0.2, -0.15) is 0 Å². The molecule has 0 spiro atoms. The summed E-state index contributed by atoms with van der Waals surface area (Å²) < 4.78 is 0. The van der Waals surface area contributed by atoms with E-state index in [1.54, 1.807) is 6.20 Å². The molecule has 2 heterocycles. The summed E-state index contributed by atoms with van der Waals surface area (Å²) in [6, 6.07) is 2.11. The Bertz CT molecular complexity index is 246. The molecule has 10 heavy (non-hydrogen) atoms. The Morgan fingerprint density at radius 3 is 3.40 bits per heavy atom. The fraction of sp³-hybridized carbons (Fsp3) is 0.286. The molecule has 0 aliphatic carbocycles. The molecule has 3 N–H and O–H groups in total. The Balaban J connectivity index is 2.51. The lowest BCUT2D eigenvalue weighted by atomic mass is 10.1. The van der Waals surface area contributed by atoms with Gasteiger partial charge in [-0.3, -0.25) is 4.98 Å².